The molecule has 0 aromatic rings. The van der Waals surface area contributed by atoms with Gasteiger partial charge in [0.25, 0.3) is 0 Å². The summed E-state index contributed by atoms with van der Waals surface area (Å²) in [5, 5.41) is 7.07. The molecule has 3 rings (SSSR count). The summed E-state index contributed by atoms with van der Waals surface area (Å²) in [5.41, 5.74) is 3.86. The molecule has 4 atom stereocenters. The zero-order valence-electron chi connectivity index (χ0n) is 11.5. The van der Waals surface area contributed by atoms with Gasteiger partial charge in [-0.25, -0.2) is 10.2 Å². The van der Waals surface area contributed by atoms with Crippen LogP contribution in [0.3, 0.4) is 0 Å². The second-order valence-corrected chi connectivity index (χ2v) is 6.03. The maximum atomic E-state index is 11.5. The van der Waals surface area contributed by atoms with Crippen molar-refractivity contribution in [2.75, 3.05) is 20.3 Å². The molecule has 19 heavy (non-hydrogen) atoms. The van der Waals surface area contributed by atoms with Crippen molar-refractivity contribution in [2.45, 2.75) is 32.1 Å². The summed E-state index contributed by atoms with van der Waals surface area (Å²) < 4.78 is 4.88. The highest BCUT2D eigenvalue weighted by molar-refractivity contribution is 5.91. The highest BCUT2D eigenvalue weighted by Gasteiger charge is 2.52. The van der Waals surface area contributed by atoms with E-state index in [-0.39, 0.29) is 6.03 Å². The molecular weight excluding hydrogens is 242 g/mol. The molecule has 106 valence electrons. The zero-order chi connectivity index (χ0) is 13.2. The Morgan fingerprint density at radius 1 is 1.42 bits per heavy atom. The van der Waals surface area contributed by atoms with E-state index in [1.165, 1.54) is 31.4 Å². The van der Waals surface area contributed by atoms with Gasteiger partial charge in [0, 0.05) is 25.3 Å². The van der Waals surface area contributed by atoms with E-state index < -0.39 is 0 Å². The summed E-state index contributed by atoms with van der Waals surface area (Å²) >= 11 is 0. The minimum absolute atomic E-state index is 0.227. The lowest BCUT2D eigenvalue weighted by Crippen LogP contribution is -2.36. The fourth-order valence-electron chi connectivity index (χ4n) is 4.37. The molecule has 0 unspecified atom stereocenters. The molecule has 0 aromatic carbocycles. The van der Waals surface area contributed by atoms with Gasteiger partial charge in [0.05, 0.1) is 6.61 Å². The van der Waals surface area contributed by atoms with Gasteiger partial charge in [-0.1, -0.05) is 6.42 Å². The third-order valence-corrected chi connectivity index (χ3v) is 5.10. The van der Waals surface area contributed by atoms with Crippen molar-refractivity contribution in [2.24, 2.45) is 28.8 Å². The maximum absolute atomic E-state index is 11.5. The molecule has 5 nitrogen and oxygen atoms in total. The molecule has 2 amide bonds. The van der Waals surface area contributed by atoms with Crippen molar-refractivity contribution in [3.63, 3.8) is 0 Å². The van der Waals surface area contributed by atoms with E-state index in [0.717, 1.165) is 24.2 Å². The van der Waals surface area contributed by atoms with Gasteiger partial charge < -0.3 is 10.1 Å². The Balaban J connectivity index is 1.50. The molecule has 0 spiro atoms. The van der Waals surface area contributed by atoms with Crippen LogP contribution in [-0.2, 0) is 4.74 Å². The third-order valence-electron chi connectivity index (χ3n) is 5.10. The van der Waals surface area contributed by atoms with Gasteiger partial charge in [-0.05, 0) is 43.4 Å². The molecule has 3 aliphatic carbocycles. The molecule has 0 aliphatic heterocycles. The number of fused-ring (bicyclic) bond motifs is 5. The Morgan fingerprint density at radius 2 is 2.26 bits per heavy atom. The van der Waals surface area contributed by atoms with Gasteiger partial charge in [-0.3, -0.25) is 0 Å². The maximum Gasteiger partial charge on any atom is 0.335 e. The number of carbonyl (C=O) groups is 1. The van der Waals surface area contributed by atoms with Gasteiger partial charge >= 0.3 is 6.03 Å². The number of hydrazone groups is 1. The van der Waals surface area contributed by atoms with Gasteiger partial charge in [-0.15, -0.1) is 0 Å². The fraction of sp³-hybridized carbons (Fsp3) is 0.857. The summed E-state index contributed by atoms with van der Waals surface area (Å²) in [7, 11) is 1.62. The average molecular weight is 265 g/mol. The number of hydrogen-bond donors (Lipinski definition) is 2. The molecule has 0 heterocycles. The van der Waals surface area contributed by atoms with E-state index in [2.05, 4.69) is 15.8 Å². The molecule has 3 saturated carbocycles. The predicted octanol–water partition coefficient (Wildman–Crippen LogP) is 1.74. The monoisotopic (exact) mass is 265 g/mol. The second-order valence-electron chi connectivity index (χ2n) is 6.03. The summed E-state index contributed by atoms with van der Waals surface area (Å²) in [6, 6.07) is -0.227. The molecule has 2 bridgehead atoms. The van der Waals surface area contributed by atoms with Crippen LogP contribution in [0.15, 0.2) is 5.10 Å². The fourth-order valence-corrected chi connectivity index (χ4v) is 4.37. The number of methoxy groups -OCH3 is 1. The van der Waals surface area contributed by atoms with Crippen LogP contribution in [0.25, 0.3) is 0 Å². The lowest BCUT2D eigenvalue weighted by Gasteiger charge is -2.25. The van der Waals surface area contributed by atoms with Crippen molar-refractivity contribution >= 4 is 11.7 Å². The number of rotatable bonds is 4. The number of ether oxygens (including phenoxy) is 1. The minimum Gasteiger partial charge on any atom is -0.383 e. The molecule has 2 N–H and O–H groups in total. The topological polar surface area (TPSA) is 62.7 Å². The number of carbonyl (C=O) groups excluding carboxylic acids is 1. The van der Waals surface area contributed by atoms with Crippen LogP contribution in [-0.4, -0.2) is 32.0 Å². The molecular formula is C14H23N3O2. The summed E-state index contributed by atoms with van der Waals surface area (Å²) in [4.78, 5) is 11.5. The number of amides is 2. The number of nitrogens with one attached hydrogen (secondary N) is 2. The first-order valence-corrected chi connectivity index (χ1v) is 7.39. The van der Waals surface area contributed by atoms with Crippen LogP contribution < -0.4 is 10.7 Å². The van der Waals surface area contributed by atoms with E-state index in [1.54, 1.807) is 7.11 Å². The largest absolute Gasteiger partial charge is 0.383 e. The lowest BCUT2D eigenvalue weighted by atomic mass is 9.81. The van der Waals surface area contributed by atoms with E-state index in [4.69, 9.17) is 4.74 Å². The normalized spacial score (nSPS) is 37.6. The van der Waals surface area contributed by atoms with Crippen molar-refractivity contribution in [3.8, 4) is 0 Å². The number of hydrogen-bond acceptors (Lipinski definition) is 3. The van der Waals surface area contributed by atoms with Gasteiger partial charge in [0.1, 0.15) is 0 Å². The Morgan fingerprint density at radius 3 is 3.11 bits per heavy atom. The summed E-state index contributed by atoms with van der Waals surface area (Å²) in [6.07, 6.45) is 6.58. The van der Waals surface area contributed by atoms with E-state index in [1.807, 2.05) is 0 Å². The van der Waals surface area contributed by atoms with E-state index in [9.17, 15) is 4.79 Å². The van der Waals surface area contributed by atoms with Gasteiger partial charge in [0.2, 0.25) is 0 Å². The Bertz CT molecular complexity index is 383. The highest BCUT2D eigenvalue weighted by atomic mass is 16.5. The molecule has 3 fully saturated rings. The van der Waals surface area contributed by atoms with Crippen LogP contribution in [0.5, 0.6) is 0 Å². The Labute approximate surface area is 114 Å². The van der Waals surface area contributed by atoms with Crippen LogP contribution in [0.2, 0.25) is 0 Å². The number of nitrogens with zero attached hydrogens (tertiary/aromatic N) is 1. The van der Waals surface area contributed by atoms with Crippen molar-refractivity contribution in [1.82, 2.24) is 10.7 Å². The van der Waals surface area contributed by atoms with E-state index in [0.29, 0.717) is 19.1 Å². The molecule has 0 saturated heterocycles. The first-order chi connectivity index (χ1) is 9.29. The first-order valence-electron chi connectivity index (χ1n) is 7.39. The molecule has 0 radical (unpaired) electrons. The molecule has 0 aromatic heterocycles. The predicted molar refractivity (Wildman–Crippen MR) is 72.9 cm³/mol. The van der Waals surface area contributed by atoms with Crippen LogP contribution >= 0.6 is 0 Å². The quantitative estimate of drug-likeness (QED) is 0.601. The van der Waals surface area contributed by atoms with Crippen molar-refractivity contribution in [3.05, 3.63) is 0 Å². The van der Waals surface area contributed by atoms with Crippen LogP contribution in [0, 0.1) is 23.7 Å². The lowest BCUT2D eigenvalue weighted by molar-refractivity contribution is 0.196. The minimum atomic E-state index is -0.227. The summed E-state index contributed by atoms with van der Waals surface area (Å²) in [6.45, 7) is 1.04. The smallest absolute Gasteiger partial charge is 0.335 e. The summed E-state index contributed by atoms with van der Waals surface area (Å²) in [5.74, 6) is 3.31. The Kier molecular flexibility index (Phi) is 3.73. The van der Waals surface area contributed by atoms with E-state index >= 15 is 0 Å². The third kappa shape index (κ3) is 2.48. The van der Waals surface area contributed by atoms with Crippen LogP contribution in [0.4, 0.5) is 4.79 Å². The van der Waals surface area contributed by atoms with Crippen molar-refractivity contribution < 1.29 is 9.53 Å². The SMILES string of the molecule is COCCNC(=O)NN=C1C[C@H]2C[C@H]1[C@@H]1CCC[C@@H]21. The Hall–Kier alpha value is -1.10. The first kappa shape index (κ1) is 12.9. The average Bonchev–Trinajstić information content (AvgIpc) is 3.08. The molecule has 5 heteroatoms. The van der Waals surface area contributed by atoms with Gasteiger partial charge in [-0.2, -0.15) is 5.10 Å². The standard InChI is InChI=1S/C14H23N3O2/c1-19-6-5-15-14(18)17-16-13-8-9-7-12(13)11-4-2-3-10(9)11/h9-12H,2-8H2,1H3,(H2,15,17,18)/t9-,10+,11-,12+/m1/s1. The number of urea groups is 1. The zero-order valence-corrected chi connectivity index (χ0v) is 11.5. The highest BCUT2D eigenvalue weighted by Crippen LogP contribution is 2.57. The van der Waals surface area contributed by atoms with Gasteiger partial charge in [0.15, 0.2) is 0 Å². The van der Waals surface area contributed by atoms with Crippen molar-refractivity contribution in [1.29, 1.82) is 0 Å². The van der Waals surface area contributed by atoms with Crippen LogP contribution in [0.1, 0.15) is 32.1 Å². The second kappa shape index (κ2) is 5.49. The molecule has 3 aliphatic rings.